The van der Waals surface area contributed by atoms with Crippen LogP contribution < -0.4 is 4.72 Å². The van der Waals surface area contributed by atoms with Crippen LogP contribution in [0.15, 0.2) is 47.4 Å². The molecule has 28 heavy (non-hydrogen) atoms. The summed E-state index contributed by atoms with van der Waals surface area (Å²) in [6, 6.07) is 10.0. The Morgan fingerprint density at radius 2 is 1.93 bits per heavy atom. The second-order valence-electron chi connectivity index (χ2n) is 7.17. The number of carbonyl (C=O) groups is 1. The Labute approximate surface area is 169 Å². The molecule has 8 heteroatoms. The normalized spacial score (nSPS) is 14.3. The largest absolute Gasteiger partial charge is 0.331 e. The Morgan fingerprint density at radius 1 is 1.25 bits per heavy atom. The minimum atomic E-state index is -3.77. The number of amides is 1. The van der Waals surface area contributed by atoms with Crippen LogP contribution in [-0.2, 0) is 16.6 Å². The van der Waals surface area contributed by atoms with Gasteiger partial charge in [0.1, 0.15) is 5.82 Å². The number of nitrogens with one attached hydrogen (secondary N) is 1. The molecule has 1 fully saturated rings. The number of carbonyl (C=O) groups excluding carboxylic acids is 1. The first-order valence-electron chi connectivity index (χ1n) is 9.05. The van der Waals surface area contributed by atoms with Crippen molar-refractivity contribution >= 4 is 27.5 Å². The highest BCUT2D eigenvalue weighted by Gasteiger charge is 2.34. The second kappa shape index (κ2) is 8.19. The van der Waals surface area contributed by atoms with Gasteiger partial charge in [0.15, 0.2) is 0 Å². The molecule has 1 N–H and O–H groups in total. The molecule has 150 valence electrons. The lowest BCUT2D eigenvalue weighted by Gasteiger charge is -2.24. The summed E-state index contributed by atoms with van der Waals surface area (Å²) < 4.78 is 41.5. The van der Waals surface area contributed by atoms with Crippen molar-refractivity contribution in [2.75, 3.05) is 0 Å². The van der Waals surface area contributed by atoms with Crippen LogP contribution in [0.1, 0.15) is 42.6 Å². The highest BCUT2D eigenvalue weighted by Crippen LogP contribution is 2.32. The highest BCUT2D eigenvalue weighted by atomic mass is 35.5. The van der Waals surface area contributed by atoms with Crippen LogP contribution in [0.5, 0.6) is 0 Å². The molecular weight excluding hydrogens is 403 g/mol. The van der Waals surface area contributed by atoms with Crippen LogP contribution in [0.25, 0.3) is 0 Å². The van der Waals surface area contributed by atoms with E-state index in [1.165, 1.54) is 24.3 Å². The van der Waals surface area contributed by atoms with E-state index in [4.69, 9.17) is 11.6 Å². The smallest absolute Gasteiger partial charge is 0.255 e. The monoisotopic (exact) mass is 424 g/mol. The van der Waals surface area contributed by atoms with Gasteiger partial charge in [0.2, 0.25) is 10.0 Å². The van der Waals surface area contributed by atoms with Crippen molar-refractivity contribution < 1.29 is 17.6 Å². The van der Waals surface area contributed by atoms with Crippen LogP contribution in [0, 0.1) is 5.82 Å². The van der Waals surface area contributed by atoms with Gasteiger partial charge in [-0.1, -0.05) is 29.8 Å². The molecule has 1 amide bonds. The van der Waals surface area contributed by atoms with Crippen LogP contribution in [0.4, 0.5) is 4.39 Å². The van der Waals surface area contributed by atoms with Crippen LogP contribution in [-0.4, -0.2) is 31.3 Å². The fourth-order valence-corrected chi connectivity index (χ4v) is 4.41. The zero-order chi connectivity index (χ0) is 20.5. The van der Waals surface area contributed by atoms with E-state index in [1.807, 2.05) is 0 Å². The fourth-order valence-electron chi connectivity index (χ4n) is 2.93. The van der Waals surface area contributed by atoms with E-state index in [9.17, 15) is 17.6 Å². The predicted octanol–water partition coefficient (Wildman–Crippen LogP) is 3.97. The molecule has 2 aromatic carbocycles. The van der Waals surface area contributed by atoms with Crippen LogP contribution in [0.2, 0.25) is 5.02 Å². The van der Waals surface area contributed by atoms with Crippen molar-refractivity contribution in [1.29, 1.82) is 0 Å². The molecule has 2 aromatic rings. The van der Waals surface area contributed by atoms with Gasteiger partial charge >= 0.3 is 0 Å². The standard InChI is InChI=1S/C20H22ClFN2O3S/c1-13(2)23-28(26,27)16-9-10-18(21)17(11-16)20(25)24(15-7-8-15)12-14-5-3-4-6-19(14)22/h3-6,9-11,13,15,23H,7-8,12H2,1-2H3. The number of sulfonamides is 1. The van der Waals surface area contributed by atoms with Gasteiger partial charge < -0.3 is 4.90 Å². The molecule has 0 heterocycles. The fraction of sp³-hybridized carbons (Fsp3) is 0.350. The molecule has 3 rings (SSSR count). The Bertz CT molecular complexity index is 991. The first kappa shape index (κ1) is 20.8. The van der Waals surface area contributed by atoms with Gasteiger partial charge in [-0.3, -0.25) is 4.79 Å². The Morgan fingerprint density at radius 3 is 2.54 bits per heavy atom. The van der Waals surface area contributed by atoms with E-state index in [2.05, 4.69) is 4.72 Å². The Kier molecular flexibility index (Phi) is 6.07. The topological polar surface area (TPSA) is 66.5 Å². The molecule has 0 atom stereocenters. The van der Waals surface area contributed by atoms with Gasteiger partial charge in [-0.15, -0.1) is 0 Å². The zero-order valence-corrected chi connectivity index (χ0v) is 17.2. The van der Waals surface area contributed by atoms with Crippen molar-refractivity contribution in [3.63, 3.8) is 0 Å². The SMILES string of the molecule is CC(C)NS(=O)(=O)c1ccc(Cl)c(C(=O)N(Cc2ccccc2F)C2CC2)c1. The van der Waals surface area contributed by atoms with Gasteiger partial charge in [-0.2, -0.15) is 0 Å². The molecule has 0 aromatic heterocycles. The molecule has 0 radical (unpaired) electrons. The number of hydrogen-bond donors (Lipinski definition) is 1. The predicted molar refractivity (Wildman–Crippen MR) is 106 cm³/mol. The first-order chi connectivity index (χ1) is 13.2. The number of hydrogen-bond acceptors (Lipinski definition) is 3. The van der Waals surface area contributed by atoms with E-state index >= 15 is 0 Å². The average Bonchev–Trinajstić information content (AvgIpc) is 3.44. The molecule has 5 nitrogen and oxygen atoms in total. The van der Waals surface area contributed by atoms with E-state index in [0.29, 0.717) is 5.56 Å². The van der Waals surface area contributed by atoms with Crippen molar-refractivity contribution in [1.82, 2.24) is 9.62 Å². The highest BCUT2D eigenvalue weighted by molar-refractivity contribution is 7.89. The molecule has 0 unspecified atom stereocenters. The maximum Gasteiger partial charge on any atom is 0.255 e. The first-order valence-corrected chi connectivity index (χ1v) is 10.9. The quantitative estimate of drug-likeness (QED) is 0.731. The van der Waals surface area contributed by atoms with Gasteiger partial charge in [0.05, 0.1) is 15.5 Å². The lowest BCUT2D eigenvalue weighted by Crippen LogP contribution is -2.34. The van der Waals surface area contributed by atoms with Crippen LogP contribution in [0.3, 0.4) is 0 Å². The molecule has 1 saturated carbocycles. The minimum Gasteiger partial charge on any atom is -0.331 e. The second-order valence-corrected chi connectivity index (χ2v) is 9.29. The van der Waals surface area contributed by atoms with Gasteiger partial charge in [-0.25, -0.2) is 17.5 Å². The molecule has 0 bridgehead atoms. The van der Waals surface area contributed by atoms with E-state index in [1.54, 1.807) is 36.9 Å². The van der Waals surface area contributed by atoms with Gasteiger partial charge in [-0.05, 0) is 51.0 Å². The molecule has 1 aliphatic carbocycles. The van der Waals surface area contributed by atoms with Crippen molar-refractivity contribution in [2.45, 2.75) is 50.2 Å². The Balaban J connectivity index is 1.93. The van der Waals surface area contributed by atoms with E-state index < -0.39 is 15.9 Å². The van der Waals surface area contributed by atoms with E-state index in [-0.39, 0.29) is 39.9 Å². The van der Waals surface area contributed by atoms with Crippen molar-refractivity contribution in [2.24, 2.45) is 0 Å². The number of halogens is 2. The lowest BCUT2D eigenvalue weighted by molar-refractivity contribution is 0.0728. The van der Waals surface area contributed by atoms with Gasteiger partial charge in [0.25, 0.3) is 5.91 Å². The maximum absolute atomic E-state index is 14.1. The summed E-state index contributed by atoms with van der Waals surface area (Å²) in [6.45, 7) is 3.53. The van der Waals surface area contributed by atoms with E-state index in [0.717, 1.165) is 12.8 Å². The summed E-state index contributed by atoms with van der Waals surface area (Å²) in [5.74, 6) is -0.790. The molecule has 0 spiro atoms. The molecular formula is C20H22ClFN2O3S. The third kappa shape index (κ3) is 4.71. The van der Waals surface area contributed by atoms with Gasteiger partial charge in [0, 0.05) is 24.2 Å². The number of nitrogens with zero attached hydrogens (tertiary/aromatic N) is 1. The third-order valence-corrected chi connectivity index (χ3v) is 6.40. The summed E-state index contributed by atoms with van der Waals surface area (Å²) >= 11 is 6.21. The molecule has 0 aliphatic heterocycles. The summed E-state index contributed by atoms with van der Waals surface area (Å²) in [7, 11) is -3.77. The summed E-state index contributed by atoms with van der Waals surface area (Å²) in [5.41, 5.74) is 0.501. The molecule has 1 aliphatic rings. The maximum atomic E-state index is 14.1. The molecule has 0 saturated heterocycles. The minimum absolute atomic E-state index is 0.00257. The summed E-state index contributed by atoms with van der Waals surface area (Å²) in [6.07, 6.45) is 1.65. The zero-order valence-electron chi connectivity index (χ0n) is 15.7. The summed E-state index contributed by atoms with van der Waals surface area (Å²) in [4.78, 5) is 14.7. The lowest BCUT2D eigenvalue weighted by atomic mass is 10.1. The van der Waals surface area contributed by atoms with Crippen molar-refractivity contribution in [3.8, 4) is 0 Å². The average molecular weight is 425 g/mol. The number of benzene rings is 2. The Hall–Kier alpha value is -1.96. The van der Waals surface area contributed by atoms with Crippen molar-refractivity contribution in [3.05, 3.63) is 64.4 Å². The third-order valence-electron chi connectivity index (χ3n) is 4.42. The number of rotatable bonds is 7. The summed E-state index contributed by atoms with van der Waals surface area (Å²) in [5, 5.41) is 0.160. The van der Waals surface area contributed by atoms with Crippen LogP contribution >= 0.6 is 11.6 Å².